The molecule has 0 radical (unpaired) electrons. The van der Waals surface area contributed by atoms with E-state index in [0.29, 0.717) is 11.6 Å². The van der Waals surface area contributed by atoms with Crippen LogP contribution in [0.3, 0.4) is 0 Å². The highest BCUT2D eigenvalue weighted by atomic mass is 32.2. The third-order valence-electron chi connectivity index (χ3n) is 4.72. The molecule has 1 atom stereocenters. The molecule has 2 aromatic rings. The first-order chi connectivity index (χ1) is 13.2. The molecule has 0 spiro atoms. The molecule has 1 fully saturated rings. The summed E-state index contributed by atoms with van der Waals surface area (Å²) in [5.74, 6) is -0.0414. The molecule has 5 nitrogen and oxygen atoms in total. The number of halogens is 3. The lowest BCUT2D eigenvalue weighted by molar-refractivity contribution is -0.274. The molecule has 28 heavy (non-hydrogen) atoms. The second-order valence-electron chi connectivity index (χ2n) is 6.63. The van der Waals surface area contributed by atoms with Crippen LogP contribution in [0.25, 0.3) is 0 Å². The van der Waals surface area contributed by atoms with Gasteiger partial charge in [-0.1, -0.05) is 19.1 Å². The zero-order chi connectivity index (χ0) is 20.4. The Kier molecular flexibility index (Phi) is 5.85. The average molecular weight is 414 g/mol. The summed E-state index contributed by atoms with van der Waals surface area (Å²) in [6.07, 6.45) is -3.75. The van der Waals surface area contributed by atoms with Crippen molar-refractivity contribution in [2.45, 2.75) is 30.5 Å². The molecular weight excluding hydrogens is 393 g/mol. The van der Waals surface area contributed by atoms with Gasteiger partial charge in [0.05, 0.1) is 4.90 Å². The Balaban J connectivity index is 1.67. The van der Waals surface area contributed by atoms with Crippen molar-refractivity contribution in [2.75, 3.05) is 24.4 Å². The van der Waals surface area contributed by atoms with Crippen molar-refractivity contribution in [3.8, 4) is 5.75 Å². The highest BCUT2D eigenvalue weighted by Crippen LogP contribution is 2.29. The van der Waals surface area contributed by atoms with E-state index in [2.05, 4.69) is 21.3 Å². The van der Waals surface area contributed by atoms with Crippen LogP contribution in [0.1, 0.15) is 24.8 Å². The maximum absolute atomic E-state index is 12.4. The molecule has 9 heteroatoms. The molecule has 2 aromatic carbocycles. The third-order valence-corrected chi connectivity index (χ3v) is 6.12. The second-order valence-corrected chi connectivity index (χ2v) is 8.31. The zero-order valence-corrected chi connectivity index (χ0v) is 16.1. The van der Waals surface area contributed by atoms with Gasteiger partial charge < -0.3 is 9.64 Å². The summed E-state index contributed by atoms with van der Waals surface area (Å²) < 4.78 is 67.6. The Hall–Kier alpha value is -2.26. The van der Waals surface area contributed by atoms with Gasteiger partial charge in [0.2, 0.25) is 0 Å². The van der Waals surface area contributed by atoms with E-state index in [1.807, 2.05) is 12.1 Å². The molecule has 0 bridgehead atoms. The van der Waals surface area contributed by atoms with Crippen LogP contribution in [0, 0.1) is 0 Å². The number of likely N-dealkylation sites (tertiary alicyclic amines) is 1. The molecule has 0 unspecified atom stereocenters. The number of rotatable bonds is 6. The number of sulfonamides is 1. The summed E-state index contributed by atoms with van der Waals surface area (Å²) in [7, 11) is -3.91. The topological polar surface area (TPSA) is 58.6 Å². The van der Waals surface area contributed by atoms with Gasteiger partial charge in [0, 0.05) is 12.2 Å². The fourth-order valence-electron chi connectivity index (χ4n) is 3.25. The number of nitrogens with zero attached hydrogens (tertiary/aromatic N) is 1. The maximum Gasteiger partial charge on any atom is 0.573 e. The minimum atomic E-state index is -4.83. The first-order valence-electron chi connectivity index (χ1n) is 8.87. The number of nitrogens with one attached hydrogen (secondary N) is 1. The number of hydrogen-bond acceptors (Lipinski definition) is 4. The van der Waals surface area contributed by atoms with Crippen LogP contribution in [-0.2, 0) is 10.0 Å². The van der Waals surface area contributed by atoms with Crippen molar-refractivity contribution in [1.29, 1.82) is 0 Å². The minimum Gasteiger partial charge on any atom is -0.406 e. The van der Waals surface area contributed by atoms with Crippen molar-refractivity contribution < 1.29 is 26.3 Å². The van der Waals surface area contributed by atoms with Crippen LogP contribution < -0.4 is 9.46 Å². The van der Waals surface area contributed by atoms with Gasteiger partial charge in [0.15, 0.2) is 0 Å². The molecule has 0 saturated carbocycles. The number of alkyl halides is 3. The van der Waals surface area contributed by atoms with Gasteiger partial charge in [0.1, 0.15) is 5.75 Å². The summed E-state index contributed by atoms with van der Waals surface area (Å²) >= 11 is 0. The predicted molar refractivity (Wildman–Crippen MR) is 99.8 cm³/mol. The van der Waals surface area contributed by atoms with Gasteiger partial charge in [-0.3, -0.25) is 4.72 Å². The van der Waals surface area contributed by atoms with Gasteiger partial charge in [-0.15, -0.1) is 13.2 Å². The lowest BCUT2D eigenvalue weighted by Gasteiger charge is -2.14. The fraction of sp³-hybridized carbons (Fsp3) is 0.368. The standard InChI is InChI=1S/C19H21F3N2O3S/c1-2-24-12-11-15(13-24)14-3-5-16(6-4-14)23-28(25,26)18-9-7-17(8-10-18)27-19(20,21)22/h3-10,15,23H,2,11-13H2,1H3/t15-/m1/s1. The molecule has 1 aliphatic rings. The molecule has 0 amide bonds. The number of hydrogen-bond donors (Lipinski definition) is 1. The first kappa shape index (κ1) is 20.5. The van der Waals surface area contributed by atoms with Gasteiger partial charge in [-0.05, 0) is 67.4 Å². The predicted octanol–water partition coefficient (Wildman–Crippen LogP) is 4.20. The van der Waals surface area contributed by atoms with E-state index in [-0.39, 0.29) is 4.90 Å². The molecule has 0 aliphatic carbocycles. The van der Waals surface area contributed by atoms with Crippen LogP contribution >= 0.6 is 0 Å². The van der Waals surface area contributed by atoms with Crippen LogP contribution in [0.4, 0.5) is 18.9 Å². The zero-order valence-electron chi connectivity index (χ0n) is 15.2. The van der Waals surface area contributed by atoms with E-state index in [1.165, 1.54) is 0 Å². The Labute approximate surface area is 162 Å². The molecule has 3 rings (SSSR count). The van der Waals surface area contributed by atoms with E-state index in [9.17, 15) is 21.6 Å². The molecule has 1 N–H and O–H groups in total. The summed E-state index contributed by atoms with van der Waals surface area (Å²) in [5.41, 5.74) is 1.55. The molecule has 1 heterocycles. The molecular formula is C19H21F3N2O3S. The largest absolute Gasteiger partial charge is 0.573 e. The fourth-order valence-corrected chi connectivity index (χ4v) is 4.31. The second kappa shape index (κ2) is 8.00. The van der Waals surface area contributed by atoms with Gasteiger partial charge in [-0.25, -0.2) is 8.42 Å². The third kappa shape index (κ3) is 5.17. The summed E-state index contributed by atoms with van der Waals surface area (Å²) in [6.45, 7) is 5.20. The molecule has 0 aromatic heterocycles. The van der Waals surface area contributed by atoms with Crippen molar-refractivity contribution in [3.05, 3.63) is 54.1 Å². The highest BCUT2D eigenvalue weighted by molar-refractivity contribution is 7.92. The lowest BCUT2D eigenvalue weighted by atomic mass is 9.98. The van der Waals surface area contributed by atoms with E-state index in [0.717, 1.165) is 55.9 Å². The van der Waals surface area contributed by atoms with Crippen LogP contribution in [0.2, 0.25) is 0 Å². The van der Waals surface area contributed by atoms with E-state index < -0.39 is 22.1 Å². The number of ether oxygens (including phenoxy) is 1. The highest BCUT2D eigenvalue weighted by Gasteiger charge is 2.31. The monoisotopic (exact) mass is 414 g/mol. The van der Waals surface area contributed by atoms with Gasteiger partial charge in [-0.2, -0.15) is 0 Å². The van der Waals surface area contributed by atoms with Gasteiger partial charge >= 0.3 is 6.36 Å². The Bertz CT molecular complexity index is 898. The number of anilines is 1. The summed E-state index contributed by atoms with van der Waals surface area (Å²) in [4.78, 5) is 2.22. The van der Waals surface area contributed by atoms with Crippen molar-refractivity contribution in [1.82, 2.24) is 4.90 Å². The summed E-state index contributed by atoms with van der Waals surface area (Å²) in [6, 6.07) is 11.3. The Morgan fingerprint density at radius 3 is 2.29 bits per heavy atom. The van der Waals surface area contributed by atoms with Crippen molar-refractivity contribution in [3.63, 3.8) is 0 Å². The van der Waals surface area contributed by atoms with Crippen molar-refractivity contribution >= 4 is 15.7 Å². The summed E-state index contributed by atoms with van der Waals surface area (Å²) in [5, 5.41) is 0. The average Bonchev–Trinajstić information content (AvgIpc) is 3.10. The number of benzene rings is 2. The van der Waals surface area contributed by atoms with Crippen LogP contribution in [0.5, 0.6) is 5.75 Å². The van der Waals surface area contributed by atoms with Crippen LogP contribution in [0.15, 0.2) is 53.4 Å². The Morgan fingerprint density at radius 1 is 1.11 bits per heavy atom. The molecule has 1 aliphatic heterocycles. The van der Waals surface area contributed by atoms with E-state index in [4.69, 9.17) is 0 Å². The normalized spacial score (nSPS) is 18.2. The SMILES string of the molecule is CCN1CC[C@@H](c2ccc(NS(=O)(=O)c3ccc(OC(F)(F)F)cc3)cc2)C1. The first-order valence-corrected chi connectivity index (χ1v) is 10.4. The number of likely N-dealkylation sites (N-methyl/N-ethyl adjacent to an activating group) is 1. The smallest absolute Gasteiger partial charge is 0.406 e. The van der Waals surface area contributed by atoms with E-state index in [1.54, 1.807) is 12.1 Å². The Morgan fingerprint density at radius 2 is 1.75 bits per heavy atom. The minimum absolute atomic E-state index is 0.152. The maximum atomic E-state index is 12.4. The van der Waals surface area contributed by atoms with Crippen molar-refractivity contribution in [2.24, 2.45) is 0 Å². The van der Waals surface area contributed by atoms with E-state index >= 15 is 0 Å². The molecule has 152 valence electrons. The lowest BCUT2D eigenvalue weighted by Crippen LogP contribution is -2.19. The molecule has 1 saturated heterocycles. The quantitative estimate of drug-likeness (QED) is 0.770. The van der Waals surface area contributed by atoms with Crippen LogP contribution in [-0.4, -0.2) is 39.3 Å². The van der Waals surface area contributed by atoms with Gasteiger partial charge in [0.25, 0.3) is 10.0 Å².